The lowest BCUT2D eigenvalue weighted by Crippen LogP contribution is -1.89. The van der Waals surface area contributed by atoms with Gasteiger partial charge in [0.25, 0.3) is 0 Å². The van der Waals surface area contributed by atoms with E-state index >= 15 is 0 Å². The van der Waals surface area contributed by atoms with Gasteiger partial charge in [-0.2, -0.15) is 22.5 Å². The first-order valence-electron chi connectivity index (χ1n) is 12.5. The molecule has 5 rings (SSSR count). The van der Waals surface area contributed by atoms with Gasteiger partial charge in [0.1, 0.15) is 23.3 Å². The maximum atomic E-state index is 12.3. The van der Waals surface area contributed by atoms with Crippen molar-refractivity contribution in [2.75, 3.05) is 0 Å². The van der Waals surface area contributed by atoms with Gasteiger partial charge in [-0.3, -0.25) is 0 Å². The van der Waals surface area contributed by atoms with Crippen LogP contribution in [0.25, 0.3) is 0 Å². The predicted octanol–water partition coefficient (Wildman–Crippen LogP) is 9.27. The molecule has 3 aromatic heterocycles. The largest absolute Gasteiger partial charge is 0.228 e. The van der Waals surface area contributed by atoms with E-state index in [-0.39, 0.29) is 5.95 Å². The second kappa shape index (κ2) is 18.7. The summed E-state index contributed by atoms with van der Waals surface area (Å²) in [4.78, 5) is 9.76. The highest BCUT2D eigenvalue weighted by Gasteiger charge is 1.98. The lowest BCUT2D eigenvalue weighted by atomic mass is 10.2. The molecule has 0 aliphatic heterocycles. The van der Waals surface area contributed by atoms with Crippen LogP contribution >= 0.6 is 0 Å². The molecule has 0 radical (unpaired) electrons. The van der Waals surface area contributed by atoms with Gasteiger partial charge >= 0.3 is 0 Å². The number of aromatic nitrogens is 3. The standard InChI is InChI=1S/2C7H6F2.C6H5F2N.2C6H6FN/c2*1-5-2-3-6(8)4-7(5)9;1-4-2-3-5(7)9-6(4)8;1-5-2-3-6(7)8-4-5;1-5-3-2-4-8-6(5)7/h2*2-4H,1H3;2-3H,1H3;2*2-4H,1H3. The highest BCUT2D eigenvalue weighted by atomic mass is 19.2. The van der Waals surface area contributed by atoms with Crippen molar-refractivity contribution in [3.8, 4) is 0 Å². The molecule has 0 saturated carbocycles. The molecule has 0 unspecified atom stereocenters. The van der Waals surface area contributed by atoms with Crippen LogP contribution in [-0.2, 0) is 0 Å². The first-order chi connectivity index (χ1) is 20.2. The first-order valence-corrected chi connectivity index (χ1v) is 12.5. The van der Waals surface area contributed by atoms with Gasteiger partial charge in [-0.1, -0.05) is 30.3 Å². The molecule has 228 valence electrons. The quantitative estimate of drug-likeness (QED) is 0.130. The molecule has 3 nitrogen and oxygen atoms in total. The highest BCUT2D eigenvalue weighted by Crippen LogP contribution is 2.07. The molecule has 0 spiro atoms. The fraction of sp³-hybridized carbons (Fsp3) is 0.156. The summed E-state index contributed by atoms with van der Waals surface area (Å²) in [5.74, 6) is -4.36. The molecule has 5 aromatic rings. The van der Waals surface area contributed by atoms with Crippen LogP contribution in [0.1, 0.15) is 27.8 Å². The van der Waals surface area contributed by atoms with E-state index in [0.29, 0.717) is 22.3 Å². The molecular weight excluding hydrogens is 578 g/mol. The summed E-state index contributed by atoms with van der Waals surface area (Å²) < 4.78 is 97.3. The zero-order valence-corrected chi connectivity index (χ0v) is 23.9. The van der Waals surface area contributed by atoms with Gasteiger partial charge < -0.3 is 0 Å². The topological polar surface area (TPSA) is 38.7 Å². The smallest absolute Gasteiger partial charge is 0.218 e. The van der Waals surface area contributed by atoms with Crippen molar-refractivity contribution in [2.45, 2.75) is 34.6 Å². The zero-order valence-electron chi connectivity index (χ0n) is 23.9. The summed E-state index contributed by atoms with van der Waals surface area (Å²) in [5, 5.41) is 0. The number of rotatable bonds is 0. The second-order valence-corrected chi connectivity index (χ2v) is 8.80. The van der Waals surface area contributed by atoms with E-state index in [1.807, 2.05) is 6.92 Å². The van der Waals surface area contributed by atoms with Crippen molar-refractivity contribution in [2.24, 2.45) is 0 Å². The number of hydrogen-bond acceptors (Lipinski definition) is 3. The molecule has 0 aliphatic rings. The maximum absolute atomic E-state index is 12.3. The van der Waals surface area contributed by atoms with Crippen LogP contribution in [0, 0.1) is 81.7 Å². The average molecular weight is 608 g/mol. The third-order valence-electron chi connectivity index (χ3n) is 5.09. The minimum atomic E-state index is -0.780. The lowest BCUT2D eigenvalue weighted by Gasteiger charge is -1.92. The van der Waals surface area contributed by atoms with E-state index in [9.17, 15) is 35.1 Å². The molecule has 2 aromatic carbocycles. The zero-order chi connectivity index (χ0) is 32.5. The Morgan fingerprint density at radius 1 is 0.465 bits per heavy atom. The molecule has 0 saturated heterocycles. The van der Waals surface area contributed by atoms with E-state index in [1.54, 1.807) is 39.0 Å². The Labute approximate surface area is 244 Å². The Bertz CT molecular complexity index is 1400. The van der Waals surface area contributed by atoms with E-state index in [4.69, 9.17) is 0 Å². The maximum Gasteiger partial charge on any atom is 0.218 e. The van der Waals surface area contributed by atoms with Crippen LogP contribution in [-0.4, -0.2) is 15.0 Å². The van der Waals surface area contributed by atoms with Crippen molar-refractivity contribution in [1.82, 2.24) is 15.0 Å². The Hall–Kier alpha value is -4.67. The normalized spacial score (nSPS) is 9.51. The molecule has 0 amide bonds. The Balaban J connectivity index is 0.000000269. The summed E-state index contributed by atoms with van der Waals surface area (Å²) in [5.41, 5.74) is 2.86. The first kappa shape index (κ1) is 36.4. The van der Waals surface area contributed by atoms with E-state index in [1.165, 1.54) is 55.7 Å². The molecule has 0 N–H and O–H groups in total. The number of aryl methyl sites for hydroxylation is 5. The number of halogens is 8. The van der Waals surface area contributed by atoms with Crippen molar-refractivity contribution in [3.63, 3.8) is 0 Å². The number of pyridine rings is 3. The SMILES string of the molecule is Cc1ccc(F)cc1F.Cc1ccc(F)cc1F.Cc1ccc(F)nc1.Cc1ccc(F)nc1F.Cc1cccnc1F. The number of nitrogens with zero attached hydrogens (tertiary/aromatic N) is 3. The van der Waals surface area contributed by atoms with E-state index < -0.39 is 41.1 Å². The van der Waals surface area contributed by atoms with Gasteiger partial charge in [0, 0.05) is 35.7 Å². The van der Waals surface area contributed by atoms with Crippen molar-refractivity contribution < 1.29 is 35.1 Å². The minimum Gasteiger partial charge on any atom is -0.228 e. The van der Waals surface area contributed by atoms with Gasteiger partial charge in [0.2, 0.25) is 23.8 Å². The molecular formula is C32H29F8N3. The summed E-state index contributed by atoms with van der Waals surface area (Å²) in [7, 11) is 0. The summed E-state index contributed by atoms with van der Waals surface area (Å²) >= 11 is 0. The van der Waals surface area contributed by atoms with Gasteiger partial charge in [-0.05, 0) is 81.6 Å². The van der Waals surface area contributed by atoms with E-state index in [0.717, 1.165) is 23.8 Å². The third kappa shape index (κ3) is 15.2. The Kier molecular flexibility index (Phi) is 15.8. The molecule has 0 aliphatic carbocycles. The van der Waals surface area contributed by atoms with Crippen LogP contribution in [0.4, 0.5) is 35.1 Å². The predicted molar refractivity (Wildman–Crippen MR) is 149 cm³/mol. The van der Waals surface area contributed by atoms with Crippen molar-refractivity contribution >= 4 is 0 Å². The van der Waals surface area contributed by atoms with Crippen LogP contribution in [0.2, 0.25) is 0 Å². The van der Waals surface area contributed by atoms with Crippen LogP contribution < -0.4 is 0 Å². The lowest BCUT2D eigenvalue weighted by molar-refractivity contribution is 0.507. The van der Waals surface area contributed by atoms with Gasteiger partial charge in [0.05, 0.1) is 0 Å². The average Bonchev–Trinajstić information content (AvgIpc) is 2.96. The Morgan fingerprint density at radius 3 is 1.28 bits per heavy atom. The Morgan fingerprint density at radius 2 is 0.953 bits per heavy atom. The minimum absolute atomic E-state index is 0.358. The number of benzene rings is 2. The highest BCUT2D eigenvalue weighted by molar-refractivity contribution is 5.17. The molecule has 0 atom stereocenters. The number of hydrogen-bond donors (Lipinski definition) is 0. The monoisotopic (exact) mass is 607 g/mol. The molecule has 11 heteroatoms. The fourth-order valence-electron chi connectivity index (χ4n) is 2.53. The summed E-state index contributed by atoms with van der Waals surface area (Å²) in [6.45, 7) is 8.26. The summed E-state index contributed by atoms with van der Waals surface area (Å²) in [6.07, 6.45) is 2.93. The fourth-order valence-corrected chi connectivity index (χ4v) is 2.53. The van der Waals surface area contributed by atoms with E-state index in [2.05, 4.69) is 15.0 Å². The summed E-state index contributed by atoms with van der Waals surface area (Å²) in [6, 6.07) is 15.9. The van der Waals surface area contributed by atoms with Crippen molar-refractivity contribution in [1.29, 1.82) is 0 Å². The second-order valence-electron chi connectivity index (χ2n) is 8.80. The van der Waals surface area contributed by atoms with Crippen molar-refractivity contribution in [3.05, 3.63) is 160 Å². The van der Waals surface area contributed by atoms with Gasteiger partial charge in [-0.25, -0.2) is 27.5 Å². The molecule has 43 heavy (non-hydrogen) atoms. The van der Waals surface area contributed by atoms with Gasteiger partial charge in [-0.15, -0.1) is 0 Å². The van der Waals surface area contributed by atoms with Crippen LogP contribution in [0.3, 0.4) is 0 Å². The van der Waals surface area contributed by atoms with Gasteiger partial charge in [0.15, 0.2) is 0 Å². The third-order valence-corrected chi connectivity index (χ3v) is 5.09. The van der Waals surface area contributed by atoms with Crippen LogP contribution in [0.15, 0.2) is 85.2 Å². The molecule has 0 fully saturated rings. The molecule has 3 heterocycles. The molecule has 0 bridgehead atoms. The van der Waals surface area contributed by atoms with Crippen LogP contribution in [0.5, 0.6) is 0 Å².